The second kappa shape index (κ2) is 10.4. The molecule has 8 heteroatoms. The van der Waals surface area contributed by atoms with Crippen molar-refractivity contribution in [1.29, 1.82) is 0 Å². The van der Waals surface area contributed by atoms with E-state index in [1.165, 1.54) is 5.56 Å². The van der Waals surface area contributed by atoms with Crippen molar-refractivity contribution in [2.75, 3.05) is 32.5 Å². The Kier molecular flexibility index (Phi) is 7.04. The Morgan fingerprint density at radius 1 is 1.08 bits per heavy atom. The van der Waals surface area contributed by atoms with E-state index in [1.54, 1.807) is 18.3 Å². The van der Waals surface area contributed by atoms with E-state index in [0.717, 1.165) is 55.7 Å². The first-order valence-corrected chi connectivity index (χ1v) is 12.7. The zero-order valence-electron chi connectivity index (χ0n) is 21.5. The van der Waals surface area contributed by atoms with Gasteiger partial charge in [0.25, 0.3) is 5.56 Å². The number of pyridine rings is 1. The Bertz CT molecular complexity index is 1510. The topological polar surface area (TPSA) is 97.1 Å². The Morgan fingerprint density at radius 2 is 1.81 bits per heavy atom. The zero-order valence-corrected chi connectivity index (χ0v) is 21.5. The largest absolute Gasteiger partial charge is 0.382 e. The summed E-state index contributed by atoms with van der Waals surface area (Å²) in [6.07, 6.45) is 3.63. The number of nitrogens with one attached hydrogen (secondary N) is 1. The highest BCUT2D eigenvalue weighted by molar-refractivity contribution is 5.90. The normalized spacial score (nSPS) is 14.5. The number of aromatic amines is 1. The molecule has 1 aliphatic heterocycles. The average Bonchev–Trinajstić information content (AvgIpc) is 2.91. The molecule has 4 aromatic rings. The van der Waals surface area contributed by atoms with Crippen LogP contribution in [0.3, 0.4) is 0 Å². The SMILES string of the molecule is CCN(C)Cc1cc(-c2nc(-c3ccc4c(=O)[nH]cc(C)c4c3)c(N)nc2F)ccc1C1CCOCC1. The molecule has 3 heterocycles. The van der Waals surface area contributed by atoms with E-state index < -0.39 is 5.95 Å². The first-order chi connectivity index (χ1) is 17.9. The Balaban J connectivity index is 1.61. The number of nitrogen functional groups attached to an aromatic ring is 1. The van der Waals surface area contributed by atoms with Crippen LogP contribution in [-0.4, -0.2) is 46.7 Å². The van der Waals surface area contributed by atoms with E-state index in [2.05, 4.69) is 39.9 Å². The zero-order chi connectivity index (χ0) is 26.1. The molecular weight excluding hydrogens is 469 g/mol. The second-order valence-electron chi connectivity index (χ2n) is 9.79. The number of anilines is 1. The van der Waals surface area contributed by atoms with Crippen molar-refractivity contribution in [3.63, 3.8) is 0 Å². The van der Waals surface area contributed by atoms with Gasteiger partial charge in [-0.25, -0.2) is 4.98 Å². The van der Waals surface area contributed by atoms with Gasteiger partial charge >= 0.3 is 0 Å². The van der Waals surface area contributed by atoms with Crippen LogP contribution >= 0.6 is 0 Å². The lowest BCUT2D eigenvalue weighted by molar-refractivity contribution is 0.0850. The summed E-state index contributed by atoms with van der Waals surface area (Å²) in [5.41, 5.74) is 11.2. The van der Waals surface area contributed by atoms with Crippen molar-refractivity contribution in [2.24, 2.45) is 0 Å². The van der Waals surface area contributed by atoms with Gasteiger partial charge < -0.3 is 20.4 Å². The number of nitrogens with two attached hydrogens (primary N) is 1. The summed E-state index contributed by atoms with van der Waals surface area (Å²) in [5, 5.41) is 1.37. The number of fused-ring (bicyclic) bond motifs is 1. The second-order valence-corrected chi connectivity index (χ2v) is 9.79. The van der Waals surface area contributed by atoms with Gasteiger partial charge in [-0.15, -0.1) is 0 Å². The quantitative estimate of drug-likeness (QED) is 0.385. The number of halogens is 1. The Morgan fingerprint density at radius 3 is 2.57 bits per heavy atom. The van der Waals surface area contributed by atoms with Crippen molar-refractivity contribution < 1.29 is 9.13 Å². The predicted molar refractivity (Wildman–Crippen MR) is 145 cm³/mol. The van der Waals surface area contributed by atoms with E-state index >= 15 is 4.39 Å². The van der Waals surface area contributed by atoms with Crippen molar-refractivity contribution >= 4 is 16.6 Å². The van der Waals surface area contributed by atoms with Crippen LogP contribution in [0.25, 0.3) is 33.3 Å². The third-order valence-corrected chi connectivity index (χ3v) is 7.32. The monoisotopic (exact) mass is 501 g/mol. The van der Waals surface area contributed by atoms with Crippen molar-refractivity contribution in [3.8, 4) is 22.5 Å². The summed E-state index contributed by atoms with van der Waals surface area (Å²) in [4.78, 5) is 25.9. The minimum absolute atomic E-state index is 0.00728. The molecule has 0 bridgehead atoms. The molecule has 0 aliphatic carbocycles. The third kappa shape index (κ3) is 4.99. The lowest BCUT2D eigenvalue weighted by atomic mass is 9.87. The minimum atomic E-state index is -0.705. The minimum Gasteiger partial charge on any atom is -0.382 e. The highest BCUT2D eigenvalue weighted by Crippen LogP contribution is 2.35. The van der Waals surface area contributed by atoms with E-state index in [9.17, 15) is 4.79 Å². The van der Waals surface area contributed by atoms with Gasteiger partial charge in [0.15, 0.2) is 5.82 Å². The summed E-state index contributed by atoms with van der Waals surface area (Å²) in [6, 6.07) is 11.4. The predicted octanol–water partition coefficient (Wildman–Crippen LogP) is 5.03. The summed E-state index contributed by atoms with van der Waals surface area (Å²) in [5.74, 6) is -0.277. The molecule has 1 saturated heterocycles. The van der Waals surface area contributed by atoms with Gasteiger partial charge in [-0.2, -0.15) is 9.37 Å². The van der Waals surface area contributed by atoms with Gasteiger partial charge in [-0.1, -0.05) is 25.1 Å². The Labute approximate surface area is 215 Å². The molecule has 3 N–H and O–H groups in total. The molecule has 192 valence electrons. The lowest BCUT2D eigenvalue weighted by Crippen LogP contribution is -2.20. The first-order valence-electron chi connectivity index (χ1n) is 12.7. The molecule has 1 fully saturated rings. The number of aryl methyl sites for hydroxylation is 1. The molecule has 1 aliphatic rings. The van der Waals surface area contributed by atoms with Crippen LogP contribution < -0.4 is 11.3 Å². The maximum Gasteiger partial charge on any atom is 0.255 e. The van der Waals surface area contributed by atoms with Gasteiger partial charge in [0.2, 0.25) is 5.95 Å². The van der Waals surface area contributed by atoms with Crippen LogP contribution in [0.15, 0.2) is 47.4 Å². The molecule has 5 rings (SSSR count). The number of H-pyrrole nitrogens is 1. The molecule has 0 spiro atoms. The number of nitrogens with zero attached hydrogens (tertiary/aromatic N) is 3. The number of benzene rings is 2. The summed E-state index contributed by atoms with van der Waals surface area (Å²) < 4.78 is 20.8. The standard InChI is InChI=1S/C29H32FN5O2/c1-4-35(3)16-21-13-19(5-7-22(21)18-9-11-37-12-10-18)25-27(30)34-28(31)26(33-25)20-6-8-23-24(14-20)17(2)15-32-29(23)36/h5-8,13-15,18H,4,9-12,16H2,1-3H3,(H2,31,34)(H,32,36). The summed E-state index contributed by atoms with van der Waals surface area (Å²) >= 11 is 0. The fraction of sp³-hybridized carbons (Fsp3) is 0.345. The molecule has 7 nitrogen and oxygen atoms in total. The fourth-order valence-electron chi connectivity index (χ4n) is 5.07. The van der Waals surface area contributed by atoms with Crippen molar-refractivity contribution in [1.82, 2.24) is 19.9 Å². The molecule has 0 saturated carbocycles. The number of hydrogen-bond acceptors (Lipinski definition) is 6. The van der Waals surface area contributed by atoms with E-state index in [1.807, 2.05) is 25.1 Å². The van der Waals surface area contributed by atoms with E-state index in [4.69, 9.17) is 10.5 Å². The lowest BCUT2D eigenvalue weighted by Gasteiger charge is -2.26. The molecule has 2 aromatic carbocycles. The van der Waals surface area contributed by atoms with Gasteiger partial charge in [-0.3, -0.25) is 4.79 Å². The first kappa shape index (κ1) is 25.0. The molecule has 37 heavy (non-hydrogen) atoms. The molecule has 0 atom stereocenters. The number of hydrogen-bond donors (Lipinski definition) is 2. The fourth-order valence-corrected chi connectivity index (χ4v) is 5.07. The van der Waals surface area contributed by atoms with Crippen LogP contribution in [0.2, 0.25) is 0 Å². The molecule has 2 aromatic heterocycles. The highest BCUT2D eigenvalue weighted by Gasteiger charge is 2.22. The number of aromatic nitrogens is 3. The molecule has 0 radical (unpaired) electrons. The Hall–Kier alpha value is -3.62. The smallest absolute Gasteiger partial charge is 0.255 e. The number of rotatable bonds is 6. The van der Waals surface area contributed by atoms with Crippen molar-refractivity contribution in [3.05, 3.63) is 75.6 Å². The van der Waals surface area contributed by atoms with Gasteiger partial charge in [0, 0.05) is 42.5 Å². The van der Waals surface area contributed by atoms with Gasteiger partial charge in [-0.05, 0) is 79.6 Å². The summed E-state index contributed by atoms with van der Waals surface area (Å²) in [6.45, 7) is 7.22. The maximum atomic E-state index is 15.2. The third-order valence-electron chi connectivity index (χ3n) is 7.32. The molecule has 0 amide bonds. The molecule has 0 unspecified atom stereocenters. The van der Waals surface area contributed by atoms with Crippen LogP contribution in [0.4, 0.5) is 10.2 Å². The van der Waals surface area contributed by atoms with Crippen LogP contribution in [-0.2, 0) is 11.3 Å². The van der Waals surface area contributed by atoms with E-state index in [0.29, 0.717) is 28.1 Å². The van der Waals surface area contributed by atoms with Crippen molar-refractivity contribution in [2.45, 2.75) is 39.2 Å². The van der Waals surface area contributed by atoms with Crippen LogP contribution in [0, 0.1) is 12.9 Å². The van der Waals surface area contributed by atoms with Gasteiger partial charge in [0.05, 0.1) is 0 Å². The molecular formula is C29H32FN5O2. The average molecular weight is 502 g/mol. The summed E-state index contributed by atoms with van der Waals surface area (Å²) in [7, 11) is 2.08. The maximum absolute atomic E-state index is 15.2. The number of ether oxygens (including phenoxy) is 1. The van der Waals surface area contributed by atoms with Crippen LogP contribution in [0.5, 0.6) is 0 Å². The van der Waals surface area contributed by atoms with E-state index in [-0.39, 0.29) is 17.1 Å². The van der Waals surface area contributed by atoms with Crippen LogP contribution in [0.1, 0.15) is 42.4 Å². The van der Waals surface area contributed by atoms with Gasteiger partial charge in [0.1, 0.15) is 11.4 Å². The highest BCUT2D eigenvalue weighted by atomic mass is 19.1.